The number of carboxylic acid groups (broad SMARTS) is 1. The molecule has 1 saturated heterocycles. The molecule has 4 N–H and O–H groups in total. The number of rotatable bonds is 9. The number of likely N-dealkylation sites (tertiary alicyclic amines) is 1. The molecule has 4 aromatic rings. The number of urea groups is 1. The van der Waals surface area contributed by atoms with E-state index in [1.807, 2.05) is 78.9 Å². The molecule has 1 aromatic heterocycles. The Morgan fingerprint density at radius 1 is 1.06 bits per heavy atom. The van der Waals surface area contributed by atoms with E-state index in [0.29, 0.717) is 29.1 Å². The summed E-state index contributed by atoms with van der Waals surface area (Å²) in [5.74, 6) is -1.02. The van der Waals surface area contributed by atoms with Crippen LogP contribution in [0.25, 0.3) is 22.2 Å². The van der Waals surface area contributed by atoms with Crippen LogP contribution in [0, 0.1) is 5.92 Å². The zero-order valence-corrected chi connectivity index (χ0v) is 26.3. The fraction of sp³-hybridized carbons (Fsp3) is 0.297. The molecular formula is C37H36N4O7. The van der Waals surface area contributed by atoms with Gasteiger partial charge in [-0.1, -0.05) is 60.7 Å². The number of methoxy groups -OCH3 is 1. The van der Waals surface area contributed by atoms with E-state index in [1.54, 1.807) is 7.11 Å². The van der Waals surface area contributed by atoms with Crippen molar-refractivity contribution < 1.29 is 34.1 Å². The SMILES string of the molecule is C=C[C@H]1C[C@]1(NC(=O)[C@@H]1C[C@@H](Oc2cc(-c3ccccc3)nc3cc(OC)ccc23)CN1C(=O)NC1c2ccccc2C[C@H]1O)C(=O)O. The average molecular weight is 649 g/mol. The van der Waals surface area contributed by atoms with E-state index < -0.39 is 53.7 Å². The maximum atomic E-state index is 13.9. The van der Waals surface area contributed by atoms with Gasteiger partial charge in [0, 0.05) is 41.8 Å². The number of amides is 3. The number of benzene rings is 3. The van der Waals surface area contributed by atoms with Gasteiger partial charge in [0.05, 0.1) is 37.0 Å². The van der Waals surface area contributed by atoms with Crippen LogP contribution in [0.1, 0.15) is 30.0 Å². The van der Waals surface area contributed by atoms with Crippen LogP contribution in [-0.2, 0) is 16.0 Å². The number of aliphatic carboxylic acids is 1. The highest BCUT2D eigenvalue weighted by molar-refractivity contribution is 5.95. The first-order valence-electron chi connectivity index (χ1n) is 15.9. The molecule has 11 nitrogen and oxygen atoms in total. The van der Waals surface area contributed by atoms with Crippen molar-refractivity contribution in [2.24, 2.45) is 5.92 Å². The quantitative estimate of drug-likeness (QED) is 0.197. The van der Waals surface area contributed by atoms with Gasteiger partial charge in [-0.2, -0.15) is 0 Å². The summed E-state index contributed by atoms with van der Waals surface area (Å²) < 4.78 is 12.0. The van der Waals surface area contributed by atoms with Crippen molar-refractivity contribution in [3.63, 3.8) is 0 Å². The zero-order chi connectivity index (χ0) is 33.6. The van der Waals surface area contributed by atoms with Crippen LogP contribution in [0.15, 0.2) is 91.5 Å². The first-order chi connectivity index (χ1) is 23.2. The molecule has 3 aromatic carbocycles. The van der Waals surface area contributed by atoms with Crippen LogP contribution >= 0.6 is 0 Å². The number of nitrogens with zero attached hydrogens (tertiary/aromatic N) is 2. The van der Waals surface area contributed by atoms with Crippen LogP contribution < -0.4 is 20.1 Å². The first kappa shape index (κ1) is 31.2. The number of carbonyl (C=O) groups excluding carboxylic acids is 2. The summed E-state index contributed by atoms with van der Waals surface area (Å²) >= 11 is 0. The normalized spacial score (nSPS) is 25.6. The Morgan fingerprint density at radius 3 is 2.56 bits per heavy atom. The average Bonchev–Trinajstić information content (AvgIpc) is 3.51. The van der Waals surface area contributed by atoms with Gasteiger partial charge in [-0.25, -0.2) is 14.6 Å². The lowest BCUT2D eigenvalue weighted by Gasteiger charge is -2.28. The number of carboxylic acids is 1. The predicted octanol–water partition coefficient (Wildman–Crippen LogP) is 4.25. The van der Waals surface area contributed by atoms with Crippen molar-refractivity contribution in [3.8, 4) is 22.8 Å². The van der Waals surface area contributed by atoms with Gasteiger partial charge < -0.3 is 35.2 Å². The largest absolute Gasteiger partial charge is 0.497 e. The highest BCUT2D eigenvalue weighted by atomic mass is 16.5. The van der Waals surface area contributed by atoms with E-state index in [1.165, 1.54) is 11.0 Å². The van der Waals surface area contributed by atoms with Crippen LogP contribution in [0.5, 0.6) is 11.5 Å². The summed E-state index contributed by atoms with van der Waals surface area (Å²) in [5.41, 5.74) is 2.49. The maximum absolute atomic E-state index is 13.9. The molecule has 11 heteroatoms. The number of hydrogen-bond acceptors (Lipinski definition) is 7. The molecule has 48 heavy (non-hydrogen) atoms. The Bertz CT molecular complexity index is 1920. The van der Waals surface area contributed by atoms with Gasteiger partial charge >= 0.3 is 12.0 Å². The van der Waals surface area contributed by atoms with Crippen molar-refractivity contribution in [2.45, 2.75) is 49.1 Å². The van der Waals surface area contributed by atoms with E-state index in [0.717, 1.165) is 22.1 Å². The lowest BCUT2D eigenvalue weighted by Crippen LogP contribution is -2.55. The van der Waals surface area contributed by atoms with Gasteiger partial charge in [-0.05, 0) is 29.7 Å². The Balaban J connectivity index is 1.20. The number of nitrogens with one attached hydrogen (secondary N) is 2. The minimum atomic E-state index is -1.47. The minimum Gasteiger partial charge on any atom is -0.497 e. The molecule has 1 aliphatic heterocycles. The molecule has 246 valence electrons. The molecule has 6 atom stereocenters. The van der Waals surface area contributed by atoms with E-state index in [4.69, 9.17) is 14.5 Å². The lowest BCUT2D eigenvalue weighted by molar-refractivity contribution is -0.144. The highest BCUT2D eigenvalue weighted by Crippen LogP contribution is 2.45. The van der Waals surface area contributed by atoms with Crippen molar-refractivity contribution in [1.82, 2.24) is 20.5 Å². The second kappa shape index (κ2) is 12.3. The second-order valence-corrected chi connectivity index (χ2v) is 12.6. The van der Waals surface area contributed by atoms with Crippen LogP contribution in [0.2, 0.25) is 0 Å². The Hall–Kier alpha value is -5.42. The third-order valence-electron chi connectivity index (χ3n) is 9.68. The molecule has 0 spiro atoms. The van der Waals surface area contributed by atoms with Crippen molar-refractivity contribution in [3.05, 3.63) is 103 Å². The van der Waals surface area contributed by atoms with E-state index in [2.05, 4.69) is 17.2 Å². The maximum Gasteiger partial charge on any atom is 0.330 e. The van der Waals surface area contributed by atoms with Crippen molar-refractivity contribution in [2.75, 3.05) is 13.7 Å². The molecule has 1 saturated carbocycles. The fourth-order valence-electron chi connectivity index (χ4n) is 6.98. The molecule has 7 rings (SSSR count). The number of aliphatic hydroxyl groups excluding tert-OH is 1. The van der Waals surface area contributed by atoms with Crippen molar-refractivity contribution in [1.29, 1.82) is 0 Å². The van der Waals surface area contributed by atoms with E-state index in [9.17, 15) is 24.6 Å². The number of carbonyl (C=O) groups is 3. The highest BCUT2D eigenvalue weighted by Gasteiger charge is 2.61. The van der Waals surface area contributed by atoms with Gasteiger partial charge in [-0.15, -0.1) is 6.58 Å². The lowest BCUT2D eigenvalue weighted by atomic mass is 10.1. The summed E-state index contributed by atoms with van der Waals surface area (Å²) in [6.45, 7) is 3.75. The first-order valence-corrected chi connectivity index (χ1v) is 15.9. The molecule has 2 fully saturated rings. The van der Waals surface area contributed by atoms with Gasteiger partial charge in [0.15, 0.2) is 0 Å². The smallest absolute Gasteiger partial charge is 0.330 e. The topological polar surface area (TPSA) is 150 Å². The Labute approximate surface area is 277 Å². The number of ether oxygens (including phenoxy) is 2. The minimum absolute atomic E-state index is 0.0416. The second-order valence-electron chi connectivity index (χ2n) is 12.6. The third kappa shape index (κ3) is 5.60. The standard InChI is InChI=1S/C37H36N4O7/c1-3-23-19-37(23,35(44)45)40-34(43)30-17-25(20-41(30)36(46)39-33-26-12-8-7-11-22(26)15-31(33)42)48-32-18-28(21-9-5-4-6-10-21)38-29-16-24(47-2)13-14-27(29)32/h3-14,16,18,23,25,30-31,33,42H,1,15,17,19-20H2,2H3,(H,39,46)(H,40,43)(H,44,45)/t23-,25+,30-,31+,33?,37+/m0/s1. The van der Waals surface area contributed by atoms with Gasteiger partial charge in [0.1, 0.15) is 29.2 Å². The molecule has 3 amide bonds. The van der Waals surface area contributed by atoms with E-state index in [-0.39, 0.29) is 19.4 Å². The van der Waals surface area contributed by atoms with Gasteiger partial charge in [0.25, 0.3) is 0 Å². The summed E-state index contributed by atoms with van der Waals surface area (Å²) in [6, 6.07) is 22.2. The number of aromatic nitrogens is 1. The zero-order valence-electron chi connectivity index (χ0n) is 26.3. The van der Waals surface area contributed by atoms with Crippen LogP contribution in [-0.4, -0.2) is 75.4 Å². The number of aliphatic hydroxyl groups is 1. The number of pyridine rings is 1. The summed E-state index contributed by atoms with van der Waals surface area (Å²) in [5, 5.41) is 27.2. The summed E-state index contributed by atoms with van der Waals surface area (Å²) in [4.78, 5) is 46.2. The van der Waals surface area contributed by atoms with Gasteiger partial charge in [-0.3, -0.25) is 4.79 Å². The van der Waals surface area contributed by atoms with Crippen LogP contribution in [0.3, 0.4) is 0 Å². The molecule has 0 radical (unpaired) electrons. The Morgan fingerprint density at radius 2 is 1.83 bits per heavy atom. The predicted molar refractivity (Wildman–Crippen MR) is 177 cm³/mol. The molecule has 2 aliphatic carbocycles. The molecule has 0 bridgehead atoms. The molecule has 1 unspecified atom stereocenters. The Kier molecular flexibility index (Phi) is 8.00. The van der Waals surface area contributed by atoms with E-state index >= 15 is 0 Å². The fourth-order valence-corrected chi connectivity index (χ4v) is 6.98. The summed E-state index contributed by atoms with van der Waals surface area (Å²) in [6.07, 6.45) is 0.782. The third-order valence-corrected chi connectivity index (χ3v) is 9.68. The monoisotopic (exact) mass is 648 g/mol. The van der Waals surface area contributed by atoms with Gasteiger partial charge in [0.2, 0.25) is 5.91 Å². The molecular weight excluding hydrogens is 612 g/mol. The number of hydrogen-bond donors (Lipinski definition) is 4. The van der Waals surface area contributed by atoms with Crippen LogP contribution in [0.4, 0.5) is 4.79 Å². The molecule has 3 aliphatic rings. The molecule has 2 heterocycles. The summed E-state index contributed by atoms with van der Waals surface area (Å²) in [7, 11) is 1.58. The van der Waals surface area contributed by atoms with Crippen molar-refractivity contribution >= 4 is 28.8 Å². The number of fused-ring (bicyclic) bond motifs is 2.